The number of carbonyl (C=O) groups is 1. The smallest absolute Gasteiger partial charge is 0.335 e. The Balaban J connectivity index is 1.64. The summed E-state index contributed by atoms with van der Waals surface area (Å²) in [6.07, 6.45) is 4.03. The summed E-state index contributed by atoms with van der Waals surface area (Å²) in [6, 6.07) is 19.2. The van der Waals surface area contributed by atoms with Crippen molar-refractivity contribution >= 4 is 11.5 Å². The maximum Gasteiger partial charge on any atom is 0.335 e. The van der Waals surface area contributed by atoms with E-state index in [2.05, 4.69) is 43.0 Å². The van der Waals surface area contributed by atoms with Crippen molar-refractivity contribution in [3.05, 3.63) is 106 Å². The molecule has 3 aromatic rings. The molecule has 0 fully saturated rings. The lowest BCUT2D eigenvalue weighted by Gasteiger charge is -2.11. The van der Waals surface area contributed by atoms with Gasteiger partial charge in [0.1, 0.15) is 5.75 Å². The van der Waals surface area contributed by atoms with Crippen molar-refractivity contribution in [2.45, 2.75) is 19.8 Å². The van der Waals surface area contributed by atoms with Crippen molar-refractivity contribution in [1.29, 1.82) is 0 Å². The lowest BCUT2D eigenvalue weighted by Crippen LogP contribution is -1.96. The lowest BCUT2D eigenvalue weighted by molar-refractivity contribution is 0.0697. The predicted molar refractivity (Wildman–Crippen MR) is 119 cm³/mol. The van der Waals surface area contributed by atoms with Gasteiger partial charge in [-0.2, -0.15) is 0 Å². The van der Waals surface area contributed by atoms with E-state index in [9.17, 15) is 4.79 Å². The molecule has 3 aromatic carbocycles. The number of allylic oxidation sites excluding steroid dienone is 2. The summed E-state index contributed by atoms with van der Waals surface area (Å²) in [4.78, 5) is 11.0. The molecule has 3 nitrogen and oxygen atoms in total. The van der Waals surface area contributed by atoms with Crippen LogP contribution >= 0.6 is 0 Å². The summed E-state index contributed by atoms with van der Waals surface area (Å²) in [5, 5.41) is 9.04. The molecule has 0 bridgehead atoms. The average molecular weight is 394 g/mol. The zero-order chi connectivity index (χ0) is 21.1. The first-order chi connectivity index (χ1) is 14.5. The molecule has 1 N–H and O–H groups in total. The van der Waals surface area contributed by atoms with Crippen LogP contribution < -0.4 is 4.74 Å². The van der Waals surface area contributed by atoms with E-state index >= 15 is 0 Å². The monoisotopic (exact) mass is 394 g/mol. The highest BCUT2D eigenvalue weighted by molar-refractivity contribution is 5.87. The van der Waals surface area contributed by atoms with Gasteiger partial charge < -0.3 is 9.84 Å². The molecule has 0 radical (unpaired) electrons. The van der Waals surface area contributed by atoms with Crippen LogP contribution in [0.1, 0.15) is 43.7 Å². The van der Waals surface area contributed by atoms with E-state index in [1.165, 1.54) is 27.8 Å². The van der Waals surface area contributed by atoms with Gasteiger partial charge in [0, 0.05) is 11.1 Å². The van der Waals surface area contributed by atoms with Gasteiger partial charge in [-0.05, 0) is 90.1 Å². The Morgan fingerprint density at radius 3 is 2.60 bits per heavy atom. The Bertz CT molecular complexity index is 1210. The van der Waals surface area contributed by atoms with Gasteiger partial charge in [-0.15, -0.1) is 0 Å². The topological polar surface area (TPSA) is 46.5 Å². The van der Waals surface area contributed by atoms with Gasteiger partial charge in [-0.3, -0.25) is 0 Å². The first-order valence-corrected chi connectivity index (χ1v) is 9.85. The third kappa shape index (κ3) is 4.14. The minimum absolute atomic E-state index is 0.264. The van der Waals surface area contributed by atoms with Crippen LogP contribution in [0, 0.1) is 18.8 Å². The van der Waals surface area contributed by atoms with E-state index < -0.39 is 5.97 Å². The van der Waals surface area contributed by atoms with Crippen LogP contribution in [0.4, 0.5) is 0 Å². The molecule has 0 unspecified atom stereocenters. The van der Waals surface area contributed by atoms with Gasteiger partial charge in [0.15, 0.2) is 0 Å². The van der Waals surface area contributed by atoms with Crippen LogP contribution in [0.25, 0.3) is 5.57 Å². The van der Waals surface area contributed by atoms with Crippen molar-refractivity contribution in [3.63, 3.8) is 0 Å². The predicted octanol–water partition coefficient (Wildman–Crippen LogP) is 5.28. The molecule has 0 saturated carbocycles. The number of fused-ring (bicyclic) bond motifs is 1. The van der Waals surface area contributed by atoms with Crippen LogP contribution in [0.3, 0.4) is 0 Å². The van der Waals surface area contributed by atoms with Crippen LogP contribution in [0.5, 0.6) is 5.75 Å². The molecule has 0 atom stereocenters. The molecule has 0 saturated heterocycles. The number of benzene rings is 3. The molecule has 0 aliphatic heterocycles. The Morgan fingerprint density at radius 2 is 1.87 bits per heavy atom. The first-order valence-electron chi connectivity index (χ1n) is 9.85. The van der Waals surface area contributed by atoms with E-state index in [4.69, 9.17) is 9.84 Å². The molecule has 148 valence electrons. The number of ether oxygens (including phenoxy) is 1. The minimum Gasteiger partial charge on any atom is -0.497 e. The molecule has 0 amide bonds. The number of hydrogen-bond donors (Lipinski definition) is 1. The van der Waals surface area contributed by atoms with Gasteiger partial charge in [-0.25, -0.2) is 4.79 Å². The Morgan fingerprint density at radius 1 is 1.07 bits per heavy atom. The Labute approximate surface area is 176 Å². The molecule has 0 heterocycles. The number of methoxy groups -OCH3 is 1. The fourth-order valence-corrected chi connectivity index (χ4v) is 3.85. The normalized spacial score (nSPS) is 11.9. The Hall–Kier alpha value is -3.77. The van der Waals surface area contributed by atoms with Gasteiger partial charge in [-0.1, -0.05) is 36.1 Å². The van der Waals surface area contributed by atoms with E-state index in [1.807, 2.05) is 18.2 Å². The summed E-state index contributed by atoms with van der Waals surface area (Å²) in [7, 11) is 1.69. The number of aryl methyl sites for hydroxylation is 1. The summed E-state index contributed by atoms with van der Waals surface area (Å²) < 4.78 is 5.43. The standard InChI is InChI=1S/C27H22O3/c1-18-14-20(17-25(15-18)30-2)16-24-13-12-22-5-3-4-21(26(22)24)9-6-19-7-10-23(11-8-19)27(28)29/h3-5,7-8,10-11,13-15,17H,12,16H2,1-2H3,(H,28,29). The zero-order valence-corrected chi connectivity index (χ0v) is 17.0. The van der Waals surface area contributed by atoms with Gasteiger partial charge >= 0.3 is 5.97 Å². The molecule has 3 heteroatoms. The first kappa shape index (κ1) is 19.5. The summed E-state index contributed by atoms with van der Waals surface area (Å²) in [5.41, 5.74) is 8.25. The fraction of sp³-hybridized carbons (Fsp3) is 0.148. The van der Waals surface area contributed by atoms with Crippen molar-refractivity contribution in [2.24, 2.45) is 0 Å². The van der Waals surface area contributed by atoms with Crippen molar-refractivity contribution in [1.82, 2.24) is 0 Å². The lowest BCUT2D eigenvalue weighted by atomic mass is 9.94. The summed E-state index contributed by atoms with van der Waals surface area (Å²) >= 11 is 0. The number of carboxylic acid groups (broad SMARTS) is 1. The van der Waals surface area contributed by atoms with Gasteiger partial charge in [0.25, 0.3) is 0 Å². The molecule has 0 spiro atoms. The highest BCUT2D eigenvalue weighted by Gasteiger charge is 2.17. The summed E-state index contributed by atoms with van der Waals surface area (Å²) in [5.74, 6) is 6.42. The van der Waals surface area contributed by atoms with Crippen LogP contribution in [0.15, 0.2) is 66.7 Å². The van der Waals surface area contributed by atoms with Crippen molar-refractivity contribution in [2.75, 3.05) is 7.11 Å². The van der Waals surface area contributed by atoms with Crippen LogP contribution in [-0.2, 0) is 12.8 Å². The molecule has 1 aliphatic rings. The van der Waals surface area contributed by atoms with Gasteiger partial charge in [0.05, 0.1) is 12.7 Å². The number of carboxylic acids is 1. The molecule has 4 rings (SSSR count). The van der Waals surface area contributed by atoms with Crippen LogP contribution in [-0.4, -0.2) is 18.2 Å². The Kier molecular flexibility index (Phi) is 5.41. The number of rotatable bonds is 4. The second-order valence-electron chi connectivity index (χ2n) is 7.44. The third-order valence-corrected chi connectivity index (χ3v) is 5.25. The maximum absolute atomic E-state index is 11.0. The second kappa shape index (κ2) is 8.31. The number of aromatic carboxylic acids is 1. The molecule has 30 heavy (non-hydrogen) atoms. The maximum atomic E-state index is 11.0. The van der Waals surface area contributed by atoms with Crippen LogP contribution in [0.2, 0.25) is 0 Å². The SMILES string of the molecule is COc1cc(C)cc(CC2=CCc3cccc(C#Cc4ccc(C(=O)O)cc4)c32)c1. The third-order valence-electron chi connectivity index (χ3n) is 5.25. The van der Waals surface area contributed by atoms with E-state index in [1.54, 1.807) is 31.4 Å². The zero-order valence-electron chi connectivity index (χ0n) is 17.0. The molecule has 1 aliphatic carbocycles. The van der Waals surface area contributed by atoms with E-state index in [-0.39, 0.29) is 5.56 Å². The van der Waals surface area contributed by atoms with Gasteiger partial charge in [0.2, 0.25) is 0 Å². The largest absolute Gasteiger partial charge is 0.497 e. The average Bonchev–Trinajstić information content (AvgIpc) is 3.15. The minimum atomic E-state index is -0.932. The van der Waals surface area contributed by atoms with Crippen molar-refractivity contribution in [3.8, 4) is 17.6 Å². The second-order valence-corrected chi connectivity index (χ2v) is 7.44. The molecular formula is C27H22O3. The summed E-state index contributed by atoms with van der Waals surface area (Å²) in [6.45, 7) is 2.08. The van der Waals surface area contributed by atoms with E-state index in [0.717, 1.165) is 29.7 Å². The number of hydrogen-bond acceptors (Lipinski definition) is 2. The highest BCUT2D eigenvalue weighted by atomic mass is 16.5. The fourth-order valence-electron chi connectivity index (χ4n) is 3.85. The van der Waals surface area contributed by atoms with Crippen molar-refractivity contribution < 1.29 is 14.6 Å². The highest BCUT2D eigenvalue weighted by Crippen LogP contribution is 2.33. The van der Waals surface area contributed by atoms with E-state index in [0.29, 0.717) is 0 Å². The molecule has 0 aromatic heterocycles. The quantitative estimate of drug-likeness (QED) is 0.612. The molecular weight excluding hydrogens is 372 g/mol.